The fourth-order valence-corrected chi connectivity index (χ4v) is 1.77. The maximum absolute atomic E-state index is 12.6. The Balaban J connectivity index is 3.67. The van der Waals surface area contributed by atoms with Crippen molar-refractivity contribution in [1.29, 1.82) is 0 Å². The van der Waals surface area contributed by atoms with Gasteiger partial charge in [-0.25, -0.2) is 0 Å². The van der Waals surface area contributed by atoms with Crippen molar-refractivity contribution in [2.24, 2.45) is 0 Å². The summed E-state index contributed by atoms with van der Waals surface area (Å²) in [6.45, 7) is 2.15. The highest BCUT2D eigenvalue weighted by Crippen LogP contribution is 2.44. The molecule has 17 heavy (non-hydrogen) atoms. The molecule has 0 aliphatic heterocycles. The van der Waals surface area contributed by atoms with Crippen molar-refractivity contribution in [2.75, 3.05) is 5.73 Å². The van der Waals surface area contributed by atoms with E-state index in [4.69, 9.17) is 5.73 Å². The zero-order chi connectivity index (χ0) is 13.6. The van der Waals surface area contributed by atoms with Gasteiger partial charge in [-0.1, -0.05) is 6.07 Å². The van der Waals surface area contributed by atoms with Crippen molar-refractivity contribution in [3.63, 3.8) is 0 Å². The Labute approximate surface area is 93.2 Å². The van der Waals surface area contributed by atoms with Crippen LogP contribution in [0.15, 0.2) is 6.07 Å². The van der Waals surface area contributed by atoms with E-state index in [1.54, 1.807) is 0 Å². The SMILES string of the molecule is Cc1cc(C)c(C(F)(F)F)c(N)c1C(F)(F)F. The molecule has 0 atom stereocenters. The predicted octanol–water partition coefficient (Wildman–Crippen LogP) is 3.92. The standard InChI is InChI=1S/C10H9F6N/c1-4-3-5(2)7(10(14,15)16)8(17)6(4)9(11,12)13/h3H,17H2,1-2H3. The molecule has 0 saturated heterocycles. The number of hydrogen-bond donors (Lipinski definition) is 1. The highest BCUT2D eigenvalue weighted by Gasteiger charge is 2.42. The van der Waals surface area contributed by atoms with Crippen LogP contribution in [0.25, 0.3) is 0 Å². The summed E-state index contributed by atoms with van der Waals surface area (Å²) in [5.74, 6) is 0. The fraction of sp³-hybridized carbons (Fsp3) is 0.400. The molecule has 7 heteroatoms. The molecule has 1 rings (SSSR count). The minimum absolute atomic E-state index is 0.319. The molecule has 0 saturated carbocycles. The molecule has 0 unspecified atom stereocenters. The van der Waals surface area contributed by atoms with Crippen LogP contribution < -0.4 is 5.73 Å². The van der Waals surface area contributed by atoms with Crippen LogP contribution >= 0.6 is 0 Å². The largest absolute Gasteiger partial charge is 0.418 e. The first-order valence-electron chi connectivity index (χ1n) is 4.50. The highest BCUT2D eigenvalue weighted by atomic mass is 19.4. The number of halogens is 6. The summed E-state index contributed by atoms with van der Waals surface area (Å²) in [6.07, 6.45) is -9.80. The van der Waals surface area contributed by atoms with Gasteiger partial charge in [-0.05, 0) is 25.0 Å². The second-order valence-electron chi connectivity index (χ2n) is 3.67. The Bertz CT molecular complexity index is 405. The van der Waals surface area contributed by atoms with Gasteiger partial charge in [0.05, 0.1) is 16.8 Å². The number of anilines is 1. The van der Waals surface area contributed by atoms with E-state index in [-0.39, 0.29) is 11.1 Å². The number of alkyl halides is 6. The molecule has 0 aliphatic rings. The summed E-state index contributed by atoms with van der Waals surface area (Å²) in [6, 6.07) is 0.835. The first kappa shape index (κ1) is 13.7. The lowest BCUT2D eigenvalue weighted by Gasteiger charge is -2.20. The van der Waals surface area contributed by atoms with E-state index in [0.717, 1.165) is 19.9 Å². The molecule has 1 aromatic carbocycles. The molecule has 0 fully saturated rings. The van der Waals surface area contributed by atoms with E-state index in [0.29, 0.717) is 0 Å². The lowest BCUT2D eigenvalue weighted by atomic mass is 9.96. The van der Waals surface area contributed by atoms with Crippen LogP contribution in [0.4, 0.5) is 32.0 Å². The normalized spacial score (nSPS) is 12.9. The van der Waals surface area contributed by atoms with Gasteiger partial charge in [0.15, 0.2) is 0 Å². The van der Waals surface area contributed by atoms with Crippen LogP contribution in [0.1, 0.15) is 22.3 Å². The van der Waals surface area contributed by atoms with Gasteiger partial charge in [-0.3, -0.25) is 0 Å². The maximum Gasteiger partial charge on any atom is 0.418 e. The minimum atomic E-state index is -4.90. The van der Waals surface area contributed by atoms with E-state index in [1.807, 2.05) is 0 Å². The van der Waals surface area contributed by atoms with Gasteiger partial charge >= 0.3 is 12.4 Å². The smallest absolute Gasteiger partial charge is 0.398 e. The predicted molar refractivity (Wildman–Crippen MR) is 50.3 cm³/mol. The lowest BCUT2D eigenvalue weighted by molar-refractivity contribution is -0.142. The van der Waals surface area contributed by atoms with Crippen LogP contribution in [0, 0.1) is 13.8 Å². The van der Waals surface area contributed by atoms with Gasteiger partial charge in [0.25, 0.3) is 0 Å². The summed E-state index contributed by atoms with van der Waals surface area (Å²) in [4.78, 5) is 0. The Morgan fingerprint density at radius 1 is 0.824 bits per heavy atom. The zero-order valence-electron chi connectivity index (χ0n) is 8.92. The molecule has 0 amide bonds. The Kier molecular flexibility index (Phi) is 3.07. The van der Waals surface area contributed by atoms with Gasteiger partial charge < -0.3 is 5.73 Å². The molecule has 0 heterocycles. The van der Waals surface area contributed by atoms with E-state index < -0.39 is 29.2 Å². The summed E-state index contributed by atoms with van der Waals surface area (Å²) in [5.41, 5.74) is 0.276. The Hall–Kier alpha value is -1.40. The van der Waals surface area contributed by atoms with Crippen molar-refractivity contribution in [1.82, 2.24) is 0 Å². The van der Waals surface area contributed by atoms with Crippen LogP contribution in [-0.4, -0.2) is 0 Å². The van der Waals surface area contributed by atoms with E-state index in [9.17, 15) is 26.3 Å². The van der Waals surface area contributed by atoms with Crippen molar-refractivity contribution < 1.29 is 26.3 Å². The molecule has 0 aromatic heterocycles. The number of nitrogen functional groups attached to an aromatic ring is 1. The molecule has 1 aromatic rings. The number of aryl methyl sites for hydroxylation is 2. The van der Waals surface area contributed by atoms with E-state index in [2.05, 4.69) is 0 Å². The Morgan fingerprint density at radius 3 is 1.35 bits per heavy atom. The van der Waals surface area contributed by atoms with E-state index in [1.165, 1.54) is 0 Å². The maximum atomic E-state index is 12.6. The molecular weight excluding hydrogens is 248 g/mol. The van der Waals surface area contributed by atoms with Crippen molar-refractivity contribution in [3.8, 4) is 0 Å². The zero-order valence-corrected chi connectivity index (χ0v) is 8.92. The average Bonchev–Trinajstić information content (AvgIpc) is 1.94. The number of nitrogens with two attached hydrogens (primary N) is 1. The fourth-order valence-electron chi connectivity index (χ4n) is 1.77. The monoisotopic (exact) mass is 257 g/mol. The van der Waals surface area contributed by atoms with Crippen molar-refractivity contribution in [2.45, 2.75) is 26.2 Å². The average molecular weight is 257 g/mol. The molecule has 0 spiro atoms. The van der Waals surface area contributed by atoms with Crippen LogP contribution in [0.2, 0.25) is 0 Å². The third-order valence-corrected chi connectivity index (χ3v) is 2.33. The second kappa shape index (κ2) is 3.82. The number of hydrogen-bond acceptors (Lipinski definition) is 1. The molecule has 2 N–H and O–H groups in total. The summed E-state index contributed by atoms with van der Waals surface area (Å²) in [5, 5.41) is 0. The topological polar surface area (TPSA) is 26.0 Å². The second-order valence-corrected chi connectivity index (χ2v) is 3.67. The first-order chi connectivity index (χ1) is 7.46. The lowest BCUT2D eigenvalue weighted by Crippen LogP contribution is -2.18. The quantitative estimate of drug-likeness (QED) is 0.553. The number of rotatable bonds is 0. The van der Waals surface area contributed by atoms with Crippen LogP contribution in [0.5, 0.6) is 0 Å². The third kappa shape index (κ3) is 2.48. The van der Waals surface area contributed by atoms with E-state index >= 15 is 0 Å². The molecule has 0 radical (unpaired) electrons. The molecule has 96 valence electrons. The van der Waals surface area contributed by atoms with Gasteiger partial charge in [0.2, 0.25) is 0 Å². The molecule has 1 nitrogen and oxygen atoms in total. The summed E-state index contributed by atoms with van der Waals surface area (Å²) < 4.78 is 75.4. The van der Waals surface area contributed by atoms with Gasteiger partial charge in [0.1, 0.15) is 0 Å². The first-order valence-corrected chi connectivity index (χ1v) is 4.50. The van der Waals surface area contributed by atoms with Crippen LogP contribution in [0.3, 0.4) is 0 Å². The van der Waals surface area contributed by atoms with Gasteiger partial charge in [-0.2, -0.15) is 26.3 Å². The van der Waals surface area contributed by atoms with Crippen molar-refractivity contribution >= 4 is 5.69 Å². The van der Waals surface area contributed by atoms with Crippen molar-refractivity contribution in [3.05, 3.63) is 28.3 Å². The summed E-state index contributed by atoms with van der Waals surface area (Å²) >= 11 is 0. The molecular formula is C10H9F6N. The molecule has 0 aliphatic carbocycles. The number of benzene rings is 1. The van der Waals surface area contributed by atoms with Gasteiger partial charge in [0, 0.05) is 0 Å². The highest BCUT2D eigenvalue weighted by molar-refractivity contribution is 5.62. The third-order valence-electron chi connectivity index (χ3n) is 2.33. The minimum Gasteiger partial charge on any atom is -0.398 e. The molecule has 0 bridgehead atoms. The van der Waals surface area contributed by atoms with Gasteiger partial charge in [-0.15, -0.1) is 0 Å². The Morgan fingerprint density at radius 2 is 1.12 bits per heavy atom. The van der Waals surface area contributed by atoms with Crippen LogP contribution in [-0.2, 0) is 12.4 Å². The summed E-state index contributed by atoms with van der Waals surface area (Å²) in [7, 11) is 0.